The number of benzene rings is 9. The quantitative estimate of drug-likeness (QED) is 0.155. The van der Waals surface area contributed by atoms with E-state index < -0.39 is 5.41 Å². The predicted molar refractivity (Wildman–Crippen MR) is 264 cm³/mol. The average Bonchev–Trinajstić information content (AvgIpc) is 3.86. The summed E-state index contributed by atoms with van der Waals surface area (Å²) in [7, 11) is 0. The number of allylic oxidation sites excluding steroid dienone is 1. The fraction of sp³-hybridized carbons (Fsp3) is 0.0667. The second-order valence-electron chi connectivity index (χ2n) is 16.9. The van der Waals surface area contributed by atoms with Crippen molar-refractivity contribution in [3.63, 3.8) is 0 Å². The number of hydrogen-bond donors (Lipinski definition) is 0. The molecule has 1 atom stereocenters. The Morgan fingerprint density at radius 1 is 0.484 bits per heavy atom. The first-order valence-electron chi connectivity index (χ1n) is 21.7. The highest BCUT2D eigenvalue weighted by Gasteiger charge is 2.47. The highest BCUT2D eigenvalue weighted by atomic mass is 32.1. The molecule has 0 radical (unpaired) electrons. The molecule has 2 aliphatic carbocycles. The van der Waals surface area contributed by atoms with Crippen LogP contribution in [0.4, 0.5) is 17.1 Å². The van der Waals surface area contributed by atoms with E-state index in [2.05, 4.69) is 236 Å². The van der Waals surface area contributed by atoms with Crippen molar-refractivity contribution >= 4 is 54.6 Å². The summed E-state index contributed by atoms with van der Waals surface area (Å²) in [5.74, 6) is 0.574. The highest BCUT2D eigenvalue weighted by molar-refractivity contribution is 7.25. The van der Waals surface area contributed by atoms with Gasteiger partial charge in [-0.05, 0) is 117 Å². The lowest BCUT2D eigenvalue weighted by atomic mass is 9.68. The first kappa shape index (κ1) is 36.6. The third-order valence-corrected chi connectivity index (χ3v) is 14.4. The van der Waals surface area contributed by atoms with Gasteiger partial charge in [0.15, 0.2) is 0 Å². The van der Waals surface area contributed by atoms with Gasteiger partial charge in [0.1, 0.15) is 0 Å². The smallest absolute Gasteiger partial charge is 0.0714 e. The van der Waals surface area contributed by atoms with E-state index >= 15 is 0 Å². The van der Waals surface area contributed by atoms with Crippen molar-refractivity contribution in [1.29, 1.82) is 0 Å². The minimum absolute atomic E-state index is 0.511. The van der Waals surface area contributed by atoms with Gasteiger partial charge in [-0.2, -0.15) is 0 Å². The Kier molecular flexibility index (Phi) is 8.69. The zero-order valence-corrected chi connectivity index (χ0v) is 35.3. The van der Waals surface area contributed by atoms with Gasteiger partial charge in [-0.25, -0.2) is 0 Å². The van der Waals surface area contributed by atoms with Crippen LogP contribution >= 0.6 is 11.3 Å². The van der Waals surface area contributed by atoms with Gasteiger partial charge in [0, 0.05) is 37.0 Å². The van der Waals surface area contributed by atoms with Gasteiger partial charge in [0.25, 0.3) is 0 Å². The van der Waals surface area contributed by atoms with Crippen molar-refractivity contribution < 1.29 is 0 Å². The molecule has 0 aliphatic heterocycles. The fourth-order valence-electron chi connectivity index (χ4n) is 10.5. The minimum Gasteiger partial charge on any atom is -0.309 e. The van der Waals surface area contributed by atoms with E-state index in [4.69, 9.17) is 0 Å². The molecule has 0 spiro atoms. The van der Waals surface area contributed by atoms with Crippen LogP contribution in [0.1, 0.15) is 40.3 Å². The lowest BCUT2D eigenvalue weighted by molar-refractivity contribution is 0.717. The molecule has 0 bridgehead atoms. The van der Waals surface area contributed by atoms with Crippen molar-refractivity contribution in [1.82, 2.24) is 0 Å². The van der Waals surface area contributed by atoms with Crippen LogP contribution in [0, 0.1) is 5.92 Å². The van der Waals surface area contributed by atoms with Crippen LogP contribution in [0.2, 0.25) is 0 Å². The molecule has 0 saturated carbocycles. The summed E-state index contributed by atoms with van der Waals surface area (Å²) in [5.41, 5.74) is 18.1. The summed E-state index contributed by atoms with van der Waals surface area (Å²) < 4.78 is 2.63. The molecule has 9 aromatic carbocycles. The minimum atomic E-state index is -0.511. The van der Waals surface area contributed by atoms with Crippen molar-refractivity contribution in [3.05, 3.63) is 252 Å². The molecule has 12 rings (SSSR count). The zero-order valence-electron chi connectivity index (χ0n) is 34.5. The van der Waals surface area contributed by atoms with Gasteiger partial charge in [-0.15, -0.1) is 11.3 Å². The molecule has 0 saturated heterocycles. The summed E-state index contributed by atoms with van der Waals surface area (Å²) in [5, 5.41) is 2.61. The SMILES string of the molecule is CC1C=Cc2cc(-c3ccc(N(c4ccccc4-c4ccc5sc6ccccc6c5c4)c4cccc5c4-c4ccccc4C5(c4ccccc4)c4ccccc4)cc3)ccc2C1. The monoisotopic (exact) mass is 809 g/mol. The maximum absolute atomic E-state index is 2.52. The van der Waals surface area contributed by atoms with Crippen LogP contribution in [0.25, 0.3) is 59.6 Å². The topological polar surface area (TPSA) is 3.24 Å². The second kappa shape index (κ2) is 14.7. The molecule has 10 aromatic rings. The highest BCUT2D eigenvalue weighted by Crippen LogP contribution is 2.60. The molecule has 1 unspecified atom stereocenters. The van der Waals surface area contributed by atoms with Gasteiger partial charge in [0.05, 0.1) is 16.8 Å². The average molecular weight is 810 g/mol. The standard InChI is InChI=1S/C60H43NS/c1-40-27-28-44-38-43(30-29-42(44)37-40)41-31-34-48(35-32-41)61(55-24-12-9-19-49(55)45-33-36-58-52(39-45)50-20-10-13-26-57(50)62-58)56-25-14-23-54-59(56)51-21-8-11-22-53(51)60(54,46-15-4-2-5-16-46)47-17-6-3-7-18-47/h2-36,38-40H,37H2,1H3. The molecule has 0 N–H and O–H groups in total. The zero-order chi connectivity index (χ0) is 41.2. The Balaban J connectivity index is 1.10. The van der Waals surface area contributed by atoms with Crippen LogP contribution < -0.4 is 4.90 Å². The second-order valence-corrected chi connectivity index (χ2v) is 18.0. The third kappa shape index (κ3) is 5.75. The van der Waals surface area contributed by atoms with Gasteiger partial charge >= 0.3 is 0 Å². The summed E-state index contributed by atoms with van der Waals surface area (Å²) in [6.45, 7) is 2.29. The molecule has 0 amide bonds. The van der Waals surface area contributed by atoms with Gasteiger partial charge < -0.3 is 4.90 Å². The van der Waals surface area contributed by atoms with E-state index in [0.29, 0.717) is 5.92 Å². The predicted octanol–water partition coefficient (Wildman–Crippen LogP) is 16.4. The Hall–Kier alpha value is -7.26. The third-order valence-electron chi connectivity index (χ3n) is 13.3. The van der Waals surface area contributed by atoms with E-state index in [1.807, 2.05) is 11.3 Å². The van der Waals surface area contributed by atoms with Crippen molar-refractivity contribution in [3.8, 4) is 33.4 Å². The number of thiophene rings is 1. The summed E-state index contributed by atoms with van der Waals surface area (Å²) in [6.07, 6.45) is 5.73. The number of anilines is 3. The molecule has 62 heavy (non-hydrogen) atoms. The molecule has 1 heterocycles. The van der Waals surface area contributed by atoms with Gasteiger partial charge in [-0.3, -0.25) is 0 Å². The van der Waals surface area contributed by atoms with Crippen molar-refractivity contribution in [2.24, 2.45) is 5.92 Å². The Morgan fingerprint density at radius 3 is 1.92 bits per heavy atom. The largest absolute Gasteiger partial charge is 0.309 e. The lowest BCUT2D eigenvalue weighted by Gasteiger charge is -2.34. The molecule has 1 aromatic heterocycles. The Morgan fingerprint density at radius 2 is 1.11 bits per heavy atom. The van der Waals surface area contributed by atoms with Crippen LogP contribution in [0.3, 0.4) is 0 Å². The Labute approximate surface area is 367 Å². The van der Waals surface area contributed by atoms with E-state index in [9.17, 15) is 0 Å². The number of para-hydroxylation sites is 1. The Bertz CT molecular complexity index is 3300. The number of fused-ring (bicyclic) bond motifs is 7. The van der Waals surface area contributed by atoms with Crippen LogP contribution in [-0.2, 0) is 11.8 Å². The molecule has 2 heteroatoms. The number of hydrogen-bond acceptors (Lipinski definition) is 2. The maximum Gasteiger partial charge on any atom is 0.0714 e. The fourth-order valence-corrected chi connectivity index (χ4v) is 11.6. The lowest BCUT2D eigenvalue weighted by Crippen LogP contribution is -2.28. The number of rotatable bonds is 7. The summed E-state index contributed by atoms with van der Waals surface area (Å²) in [6, 6.07) is 79.3. The van der Waals surface area contributed by atoms with Crippen LogP contribution in [0.5, 0.6) is 0 Å². The molecular formula is C60H43NS. The van der Waals surface area contributed by atoms with E-state index in [0.717, 1.165) is 23.5 Å². The first-order chi connectivity index (χ1) is 30.6. The first-order valence-corrected chi connectivity index (χ1v) is 22.5. The van der Waals surface area contributed by atoms with Crippen LogP contribution in [-0.4, -0.2) is 0 Å². The summed E-state index contributed by atoms with van der Waals surface area (Å²) >= 11 is 1.87. The van der Waals surface area contributed by atoms with Crippen molar-refractivity contribution in [2.75, 3.05) is 4.90 Å². The van der Waals surface area contributed by atoms with Gasteiger partial charge in [-0.1, -0.05) is 183 Å². The maximum atomic E-state index is 2.52. The molecular weight excluding hydrogens is 767 g/mol. The molecule has 294 valence electrons. The van der Waals surface area contributed by atoms with Crippen LogP contribution in [0.15, 0.2) is 218 Å². The van der Waals surface area contributed by atoms with E-state index in [1.54, 1.807) is 0 Å². The van der Waals surface area contributed by atoms with Crippen molar-refractivity contribution in [2.45, 2.75) is 18.8 Å². The molecule has 0 fully saturated rings. The van der Waals surface area contributed by atoms with E-state index in [-0.39, 0.29) is 0 Å². The number of nitrogens with zero attached hydrogens (tertiary/aromatic N) is 1. The van der Waals surface area contributed by atoms with E-state index in [1.165, 1.54) is 86.9 Å². The van der Waals surface area contributed by atoms with Gasteiger partial charge in [0.2, 0.25) is 0 Å². The molecule has 2 aliphatic rings. The molecule has 1 nitrogen and oxygen atoms in total. The normalized spacial score (nSPS) is 14.7. The summed E-state index contributed by atoms with van der Waals surface area (Å²) in [4.78, 5) is 2.52.